The average molecular weight is 342 g/mol. The summed E-state index contributed by atoms with van der Waals surface area (Å²) in [6.45, 7) is 1.07. The predicted octanol–water partition coefficient (Wildman–Crippen LogP) is 2.07. The van der Waals surface area contributed by atoms with Crippen molar-refractivity contribution < 1.29 is 14.7 Å². The minimum Gasteiger partial charge on any atom is -0.393 e. The second-order valence-electron chi connectivity index (χ2n) is 7.99. The van der Waals surface area contributed by atoms with Gasteiger partial charge >= 0.3 is 11.8 Å². The van der Waals surface area contributed by atoms with Crippen LogP contribution >= 0.6 is 0 Å². The van der Waals surface area contributed by atoms with Gasteiger partial charge in [0.2, 0.25) is 0 Å². The lowest BCUT2D eigenvalue weighted by atomic mass is 9.86. The van der Waals surface area contributed by atoms with E-state index in [2.05, 4.69) is 6.07 Å². The van der Waals surface area contributed by atoms with Crippen molar-refractivity contribution in [1.82, 2.24) is 4.90 Å². The SMILES string of the molecule is CN(CC1CCCCC1O)C(=O)C(=O)N1CC2(CC2)c2ccccc21. The number of hydrogen-bond acceptors (Lipinski definition) is 3. The molecule has 134 valence electrons. The number of carbonyl (C=O) groups is 2. The first-order chi connectivity index (χ1) is 12.0. The molecule has 1 spiro atoms. The van der Waals surface area contributed by atoms with Crippen LogP contribution in [-0.4, -0.2) is 48.1 Å². The van der Waals surface area contributed by atoms with E-state index in [0.29, 0.717) is 13.1 Å². The molecule has 5 heteroatoms. The molecule has 2 aliphatic carbocycles. The number of likely N-dealkylation sites (N-methyl/N-ethyl adjacent to an activating group) is 1. The van der Waals surface area contributed by atoms with Gasteiger partial charge in [0, 0.05) is 37.2 Å². The summed E-state index contributed by atoms with van der Waals surface area (Å²) in [4.78, 5) is 28.7. The van der Waals surface area contributed by atoms with Crippen LogP contribution in [0.1, 0.15) is 44.1 Å². The van der Waals surface area contributed by atoms with Gasteiger partial charge < -0.3 is 14.9 Å². The van der Waals surface area contributed by atoms with E-state index >= 15 is 0 Å². The predicted molar refractivity (Wildman–Crippen MR) is 95.3 cm³/mol. The lowest BCUT2D eigenvalue weighted by Gasteiger charge is -2.31. The first-order valence-corrected chi connectivity index (χ1v) is 9.36. The summed E-state index contributed by atoms with van der Waals surface area (Å²) in [5, 5.41) is 10.1. The Morgan fingerprint density at radius 1 is 1.24 bits per heavy atom. The Bertz CT molecular complexity index is 698. The molecule has 1 N–H and O–H groups in total. The minimum atomic E-state index is -0.467. The van der Waals surface area contributed by atoms with E-state index in [0.717, 1.165) is 44.2 Å². The smallest absolute Gasteiger partial charge is 0.316 e. The van der Waals surface area contributed by atoms with Gasteiger partial charge in [0.1, 0.15) is 0 Å². The van der Waals surface area contributed by atoms with Crippen LogP contribution in [0.3, 0.4) is 0 Å². The van der Waals surface area contributed by atoms with Gasteiger partial charge in [0.15, 0.2) is 0 Å². The van der Waals surface area contributed by atoms with Crippen molar-refractivity contribution in [2.75, 3.05) is 25.0 Å². The van der Waals surface area contributed by atoms with Crippen LogP contribution in [-0.2, 0) is 15.0 Å². The standard InChI is InChI=1S/C20H26N2O3/c1-21(12-14-6-2-5-9-17(14)23)18(24)19(25)22-13-20(10-11-20)15-7-3-4-8-16(15)22/h3-4,7-8,14,17,23H,2,5-6,9-13H2,1H3. The van der Waals surface area contributed by atoms with Crippen molar-refractivity contribution in [1.29, 1.82) is 0 Å². The van der Waals surface area contributed by atoms with Gasteiger partial charge in [-0.15, -0.1) is 0 Å². The van der Waals surface area contributed by atoms with Gasteiger partial charge in [-0.1, -0.05) is 31.0 Å². The minimum absolute atomic E-state index is 0.0798. The summed E-state index contributed by atoms with van der Waals surface area (Å²) >= 11 is 0. The number of nitrogens with zero attached hydrogens (tertiary/aromatic N) is 2. The number of hydrogen-bond donors (Lipinski definition) is 1. The number of benzene rings is 1. The zero-order valence-corrected chi connectivity index (χ0v) is 14.8. The van der Waals surface area contributed by atoms with Crippen LogP contribution in [0.5, 0.6) is 0 Å². The molecule has 1 aromatic rings. The Morgan fingerprint density at radius 2 is 1.96 bits per heavy atom. The van der Waals surface area contributed by atoms with E-state index < -0.39 is 11.8 Å². The Hall–Kier alpha value is -1.88. The number of rotatable bonds is 2. The van der Waals surface area contributed by atoms with E-state index in [9.17, 15) is 14.7 Å². The summed E-state index contributed by atoms with van der Waals surface area (Å²) in [5.41, 5.74) is 2.19. The molecule has 2 saturated carbocycles. The van der Waals surface area contributed by atoms with Gasteiger partial charge in [-0.05, 0) is 37.3 Å². The Balaban J connectivity index is 1.47. The van der Waals surface area contributed by atoms with Crippen molar-refractivity contribution in [3.63, 3.8) is 0 Å². The van der Waals surface area contributed by atoms with Gasteiger partial charge in [-0.3, -0.25) is 9.59 Å². The largest absolute Gasteiger partial charge is 0.393 e. The zero-order chi connectivity index (χ0) is 17.6. The Morgan fingerprint density at radius 3 is 2.68 bits per heavy atom. The van der Waals surface area contributed by atoms with Crippen LogP contribution in [0.25, 0.3) is 0 Å². The summed E-state index contributed by atoms with van der Waals surface area (Å²) in [5.74, 6) is -0.828. The lowest BCUT2D eigenvalue weighted by molar-refractivity contribution is -0.144. The molecule has 0 aromatic heterocycles. The lowest BCUT2D eigenvalue weighted by Crippen LogP contribution is -2.46. The Labute approximate surface area is 148 Å². The van der Waals surface area contributed by atoms with Crippen molar-refractivity contribution in [3.05, 3.63) is 29.8 Å². The number of carbonyl (C=O) groups excluding carboxylic acids is 2. The van der Waals surface area contributed by atoms with E-state index in [1.807, 2.05) is 18.2 Å². The summed E-state index contributed by atoms with van der Waals surface area (Å²) in [6.07, 6.45) is 5.66. The molecule has 2 atom stereocenters. The molecule has 0 bridgehead atoms. The maximum Gasteiger partial charge on any atom is 0.316 e. The maximum atomic E-state index is 12.9. The number of anilines is 1. The van der Waals surface area contributed by atoms with Crippen molar-refractivity contribution >= 4 is 17.5 Å². The first kappa shape index (κ1) is 16.6. The highest BCUT2D eigenvalue weighted by molar-refractivity contribution is 6.40. The van der Waals surface area contributed by atoms with E-state index in [1.54, 1.807) is 11.9 Å². The van der Waals surface area contributed by atoms with Gasteiger partial charge in [0.25, 0.3) is 0 Å². The van der Waals surface area contributed by atoms with Gasteiger partial charge in [-0.2, -0.15) is 0 Å². The molecular formula is C20H26N2O3. The highest BCUT2D eigenvalue weighted by atomic mass is 16.3. The normalized spacial score (nSPS) is 26.4. The van der Waals surface area contributed by atoms with Crippen LogP contribution < -0.4 is 4.90 Å². The molecule has 25 heavy (non-hydrogen) atoms. The third kappa shape index (κ3) is 2.84. The van der Waals surface area contributed by atoms with Crippen molar-refractivity contribution in [2.24, 2.45) is 5.92 Å². The zero-order valence-electron chi connectivity index (χ0n) is 14.8. The highest BCUT2D eigenvalue weighted by Gasteiger charge is 2.53. The molecule has 1 aliphatic heterocycles. The van der Waals surface area contributed by atoms with Crippen LogP contribution in [0.15, 0.2) is 24.3 Å². The summed E-state index contributed by atoms with van der Waals surface area (Å²) < 4.78 is 0. The fraction of sp³-hybridized carbons (Fsp3) is 0.600. The Kier molecular flexibility index (Phi) is 4.07. The van der Waals surface area contributed by atoms with Crippen LogP contribution in [0.2, 0.25) is 0 Å². The second-order valence-corrected chi connectivity index (χ2v) is 7.99. The molecule has 0 radical (unpaired) electrons. The summed E-state index contributed by atoms with van der Waals surface area (Å²) in [6, 6.07) is 7.96. The second kappa shape index (κ2) is 6.13. The monoisotopic (exact) mass is 342 g/mol. The highest BCUT2D eigenvalue weighted by Crippen LogP contribution is 2.56. The molecule has 3 aliphatic rings. The molecule has 2 amide bonds. The van der Waals surface area contributed by atoms with Gasteiger partial charge in [-0.25, -0.2) is 0 Å². The van der Waals surface area contributed by atoms with E-state index in [-0.39, 0.29) is 17.4 Å². The van der Waals surface area contributed by atoms with Gasteiger partial charge in [0.05, 0.1) is 6.10 Å². The first-order valence-electron chi connectivity index (χ1n) is 9.36. The topological polar surface area (TPSA) is 60.9 Å². The van der Waals surface area contributed by atoms with Crippen LogP contribution in [0.4, 0.5) is 5.69 Å². The summed E-state index contributed by atoms with van der Waals surface area (Å²) in [7, 11) is 1.68. The third-order valence-corrected chi connectivity index (χ3v) is 6.23. The number of fused-ring (bicyclic) bond motifs is 2. The van der Waals surface area contributed by atoms with Crippen molar-refractivity contribution in [3.8, 4) is 0 Å². The van der Waals surface area contributed by atoms with Crippen molar-refractivity contribution in [2.45, 2.75) is 50.0 Å². The molecule has 5 nitrogen and oxygen atoms in total. The van der Waals surface area contributed by atoms with Crippen LogP contribution in [0, 0.1) is 5.92 Å². The quantitative estimate of drug-likeness (QED) is 0.837. The maximum absolute atomic E-state index is 12.9. The molecule has 0 saturated heterocycles. The third-order valence-electron chi connectivity index (χ3n) is 6.23. The fourth-order valence-corrected chi connectivity index (χ4v) is 4.50. The molecular weight excluding hydrogens is 316 g/mol. The number of para-hydroxylation sites is 1. The molecule has 2 fully saturated rings. The molecule has 4 rings (SSSR count). The molecule has 1 heterocycles. The molecule has 1 aromatic carbocycles. The van der Waals surface area contributed by atoms with E-state index in [1.165, 1.54) is 10.5 Å². The number of aliphatic hydroxyl groups is 1. The molecule has 2 unspecified atom stereocenters. The fourth-order valence-electron chi connectivity index (χ4n) is 4.50. The van der Waals surface area contributed by atoms with E-state index in [4.69, 9.17) is 0 Å². The average Bonchev–Trinajstić information content (AvgIpc) is 3.33. The number of amides is 2. The number of aliphatic hydroxyl groups excluding tert-OH is 1.